The quantitative estimate of drug-likeness (QED) is 0.480. The van der Waals surface area contributed by atoms with Crippen LogP contribution in [0.5, 0.6) is 17.2 Å². The molecule has 5 rings (SSSR count). The fourth-order valence-corrected chi connectivity index (χ4v) is 5.91. The molecule has 1 saturated heterocycles. The number of hydrogen-bond donors (Lipinski definition) is 0. The Morgan fingerprint density at radius 3 is 2.75 bits per heavy atom. The lowest BCUT2D eigenvalue weighted by Gasteiger charge is -2.18. The normalized spacial score (nSPS) is 20.7. The van der Waals surface area contributed by atoms with E-state index in [1.54, 1.807) is 29.8 Å². The molecule has 2 aromatic carbocycles. The summed E-state index contributed by atoms with van der Waals surface area (Å²) in [6.07, 6.45) is 1.70. The Morgan fingerprint density at radius 2 is 1.97 bits per heavy atom. The molecular formula is C23H21N3O4S2. The highest BCUT2D eigenvalue weighted by atomic mass is 32.2. The molecule has 0 saturated carbocycles. The van der Waals surface area contributed by atoms with Crippen LogP contribution >= 0.6 is 23.5 Å². The Bertz CT molecular complexity index is 1180. The van der Waals surface area contributed by atoms with Crippen LogP contribution in [0.3, 0.4) is 0 Å². The number of nitrogens with zero attached hydrogens (tertiary/aromatic N) is 3. The molecule has 0 unspecified atom stereocenters. The van der Waals surface area contributed by atoms with E-state index in [9.17, 15) is 4.79 Å². The summed E-state index contributed by atoms with van der Waals surface area (Å²) in [5.41, 5.74) is 1.71. The Hall–Kier alpha value is -3.04. The first-order chi connectivity index (χ1) is 15.6. The van der Waals surface area contributed by atoms with Crippen LogP contribution in [0.1, 0.15) is 0 Å². The van der Waals surface area contributed by atoms with Crippen LogP contribution in [0.2, 0.25) is 0 Å². The summed E-state index contributed by atoms with van der Waals surface area (Å²) in [6, 6.07) is 11.5. The smallest absolute Gasteiger partial charge is 0.269 e. The lowest BCUT2D eigenvalue weighted by Crippen LogP contribution is -2.29. The van der Waals surface area contributed by atoms with Crippen LogP contribution in [0.15, 0.2) is 68.9 Å². The summed E-state index contributed by atoms with van der Waals surface area (Å²) in [5, 5.41) is 1.49. The molecule has 2 aromatic rings. The topological polar surface area (TPSA) is 63.6 Å². The minimum atomic E-state index is -0.0830. The number of benzene rings is 2. The predicted molar refractivity (Wildman–Crippen MR) is 128 cm³/mol. The third kappa shape index (κ3) is 3.61. The van der Waals surface area contributed by atoms with Gasteiger partial charge in [0.1, 0.15) is 23.9 Å². The van der Waals surface area contributed by atoms with Crippen LogP contribution in [-0.2, 0) is 4.79 Å². The molecule has 3 heterocycles. The van der Waals surface area contributed by atoms with Crippen molar-refractivity contribution in [1.29, 1.82) is 0 Å². The van der Waals surface area contributed by atoms with Gasteiger partial charge in [0, 0.05) is 30.6 Å². The SMILES string of the molecule is C=CCN1C(=O)C(=C2Sc3ccc(OC)cc3N2C)SC1=Nc1ccc2c(c1)OCCO2. The molecule has 1 fully saturated rings. The number of aliphatic imine (C=N–C) groups is 1. The van der Waals surface area contributed by atoms with Gasteiger partial charge in [0.2, 0.25) is 0 Å². The highest BCUT2D eigenvalue weighted by Gasteiger charge is 2.38. The van der Waals surface area contributed by atoms with Gasteiger partial charge in [0.05, 0.1) is 23.5 Å². The molecule has 9 heteroatoms. The van der Waals surface area contributed by atoms with Gasteiger partial charge in [0.15, 0.2) is 16.7 Å². The number of fused-ring (bicyclic) bond motifs is 2. The van der Waals surface area contributed by atoms with Crippen LogP contribution in [0, 0.1) is 0 Å². The second kappa shape index (κ2) is 8.48. The number of carbonyl (C=O) groups is 1. The van der Waals surface area contributed by atoms with Crippen molar-refractivity contribution in [3.8, 4) is 17.2 Å². The molecule has 0 aromatic heterocycles. The lowest BCUT2D eigenvalue weighted by molar-refractivity contribution is -0.121. The number of carbonyl (C=O) groups excluding carboxylic acids is 1. The third-order valence-electron chi connectivity index (χ3n) is 5.16. The van der Waals surface area contributed by atoms with E-state index < -0.39 is 0 Å². The maximum absolute atomic E-state index is 13.3. The van der Waals surface area contributed by atoms with E-state index >= 15 is 0 Å². The average molecular weight is 468 g/mol. The highest BCUT2D eigenvalue weighted by Crippen LogP contribution is 2.51. The first kappa shape index (κ1) is 20.8. The van der Waals surface area contributed by atoms with E-state index in [-0.39, 0.29) is 5.91 Å². The molecular weight excluding hydrogens is 446 g/mol. The van der Waals surface area contributed by atoms with Crippen LogP contribution in [-0.4, -0.2) is 49.9 Å². The van der Waals surface area contributed by atoms with E-state index in [0.29, 0.717) is 47.0 Å². The van der Waals surface area contributed by atoms with Crippen LogP contribution < -0.4 is 19.1 Å². The Balaban J connectivity index is 1.50. The molecule has 0 spiro atoms. The van der Waals surface area contributed by atoms with Crippen molar-refractivity contribution in [1.82, 2.24) is 4.90 Å². The largest absolute Gasteiger partial charge is 0.497 e. The molecule has 0 N–H and O–H groups in total. The van der Waals surface area contributed by atoms with Crippen molar-refractivity contribution in [2.45, 2.75) is 4.90 Å². The fraction of sp³-hybridized carbons (Fsp3) is 0.217. The number of ether oxygens (including phenoxy) is 3. The number of hydrogen-bond acceptors (Lipinski definition) is 8. The number of methoxy groups -OCH3 is 1. The summed E-state index contributed by atoms with van der Waals surface area (Å²) < 4.78 is 16.6. The molecule has 1 amide bonds. The van der Waals surface area contributed by atoms with Gasteiger partial charge in [0.25, 0.3) is 5.91 Å². The van der Waals surface area contributed by atoms with Gasteiger partial charge in [-0.3, -0.25) is 9.69 Å². The zero-order chi connectivity index (χ0) is 22.2. The fourth-order valence-electron chi connectivity index (χ4n) is 3.57. The maximum Gasteiger partial charge on any atom is 0.269 e. The molecule has 0 aliphatic carbocycles. The summed E-state index contributed by atoms with van der Waals surface area (Å²) in [4.78, 5) is 23.5. The van der Waals surface area contributed by atoms with Crippen molar-refractivity contribution >= 4 is 46.0 Å². The van der Waals surface area contributed by atoms with Crippen molar-refractivity contribution in [3.63, 3.8) is 0 Å². The van der Waals surface area contributed by atoms with Gasteiger partial charge in [-0.1, -0.05) is 17.8 Å². The van der Waals surface area contributed by atoms with Gasteiger partial charge in [-0.15, -0.1) is 6.58 Å². The van der Waals surface area contributed by atoms with E-state index in [1.807, 2.05) is 48.3 Å². The minimum absolute atomic E-state index is 0.0830. The molecule has 0 radical (unpaired) electrons. The molecule has 3 aliphatic heterocycles. The summed E-state index contributed by atoms with van der Waals surface area (Å²) >= 11 is 2.95. The standard InChI is InChI=1S/C23H21N3O4S2/c1-4-9-26-21(27)20(22-25(2)16-13-15(28-3)6-8-19(16)31-22)32-23(26)24-14-5-7-17-18(12-14)30-11-10-29-17/h4-8,12-13H,1,9-11H2,2-3H3. The minimum Gasteiger partial charge on any atom is -0.497 e. The van der Waals surface area contributed by atoms with Crippen molar-refractivity contribution in [3.05, 3.63) is 59.0 Å². The third-order valence-corrected chi connectivity index (χ3v) is 7.59. The van der Waals surface area contributed by atoms with Gasteiger partial charge >= 0.3 is 0 Å². The van der Waals surface area contributed by atoms with E-state index in [2.05, 4.69) is 6.58 Å². The number of amidine groups is 1. The molecule has 0 atom stereocenters. The molecule has 32 heavy (non-hydrogen) atoms. The molecule has 164 valence electrons. The van der Waals surface area contributed by atoms with E-state index in [0.717, 1.165) is 21.4 Å². The van der Waals surface area contributed by atoms with Gasteiger partial charge < -0.3 is 19.1 Å². The van der Waals surface area contributed by atoms with Crippen molar-refractivity contribution in [2.75, 3.05) is 38.8 Å². The Labute approximate surface area is 194 Å². The van der Waals surface area contributed by atoms with Crippen LogP contribution in [0.25, 0.3) is 0 Å². The number of thioether (sulfide) groups is 2. The van der Waals surface area contributed by atoms with Crippen LogP contribution in [0.4, 0.5) is 11.4 Å². The Kier molecular flexibility index (Phi) is 5.52. The van der Waals surface area contributed by atoms with Crippen molar-refractivity contribution < 1.29 is 19.0 Å². The number of anilines is 1. The number of rotatable bonds is 4. The maximum atomic E-state index is 13.3. The highest BCUT2D eigenvalue weighted by molar-refractivity contribution is 8.19. The molecule has 7 nitrogen and oxygen atoms in total. The van der Waals surface area contributed by atoms with Gasteiger partial charge in [-0.05, 0) is 36.0 Å². The van der Waals surface area contributed by atoms with E-state index in [4.69, 9.17) is 19.2 Å². The zero-order valence-corrected chi connectivity index (χ0v) is 19.3. The predicted octanol–water partition coefficient (Wildman–Crippen LogP) is 4.63. The van der Waals surface area contributed by atoms with E-state index in [1.165, 1.54) is 11.8 Å². The molecule has 0 bridgehead atoms. The second-order valence-corrected chi connectivity index (χ2v) is 9.17. The second-order valence-electron chi connectivity index (χ2n) is 7.16. The summed E-state index contributed by atoms with van der Waals surface area (Å²) in [5.74, 6) is 2.07. The summed E-state index contributed by atoms with van der Waals surface area (Å²) in [6.45, 7) is 5.23. The Morgan fingerprint density at radius 1 is 1.16 bits per heavy atom. The number of amides is 1. The van der Waals surface area contributed by atoms with Gasteiger partial charge in [-0.25, -0.2) is 4.99 Å². The van der Waals surface area contributed by atoms with Gasteiger partial charge in [-0.2, -0.15) is 0 Å². The molecule has 3 aliphatic rings. The first-order valence-electron chi connectivity index (χ1n) is 10.0. The zero-order valence-electron chi connectivity index (χ0n) is 17.7. The first-order valence-corrected chi connectivity index (χ1v) is 11.6. The average Bonchev–Trinajstić information content (AvgIpc) is 3.30. The monoisotopic (exact) mass is 467 g/mol. The van der Waals surface area contributed by atoms with Crippen molar-refractivity contribution in [2.24, 2.45) is 4.99 Å². The summed E-state index contributed by atoms with van der Waals surface area (Å²) in [7, 11) is 3.61. The lowest BCUT2D eigenvalue weighted by atomic mass is 10.2.